The van der Waals surface area contributed by atoms with Crippen LogP contribution in [0.4, 0.5) is 4.39 Å². The van der Waals surface area contributed by atoms with Gasteiger partial charge in [-0.2, -0.15) is 0 Å². The Labute approximate surface area is 84.8 Å². The van der Waals surface area contributed by atoms with Crippen LogP contribution in [0.5, 0.6) is 0 Å². The van der Waals surface area contributed by atoms with E-state index in [1.54, 1.807) is 0 Å². The van der Waals surface area contributed by atoms with Crippen molar-refractivity contribution in [2.24, 2.45) is 5.73 Å². The van der Waals surface area contributed by atoms with Crippen LogP contribution in [0.3, 0.4) is 0 Å². The minimum atomic E-state index is -0.447. The highest BCUT2D eigenvalue weighted by Crippen LogP contribution is 2.21. The van der Waals surface area contributed by atoms with Gasteiger partial charge in [0.25, 0.3) is 0 Å². The predicted octanol–water partition coefficient (Wildman–Crippen LogP) is 2.21. The van der Waals surface area contributed by atoms with Gasteiger partial charge in [-0.3, -0.25) is 5.41 Å². The van der Waals surface area contributed by atoms with Crippen molar-refractivity contribution in [1.82, 2.24) is 0 Å². The van der Waals surface area contributed by atoms with Crippen LogP contribution in [0.15, 0.2) is 6.07 Å². The van der Waals surface area contributed by atoms with Crippen molar-refractivity contribution in [2.75, 3.05) is 0 Å². The summed E-state index contributed by atoms with van der Waals surface area (Å²) in [5.74, 6) is -0.206. The van der Waals surface area contributed by atoms with Crippen LogP contribution in [-0.2, 0) is 5.75 Å². The quantitative estimate of drug-likeness (QED) is 0.588. The molecule has 68 valence electrons. The van der Waals surface area contributed by atoms with Crippen molar-refractivity contribution in [2.45, 2.75) is 5.75 Å². The molecule has 1 rings (SSSR count). The van der Waals surface area contributed by atoms with Gasteiger partial charge >= 0.3 is 0 Å². The normalized spacial score (nSPS) is 9.38. The Morgan fingerprint density at radius 2 is 2.46 bits per heavy atom. The molecule has 0 aliphatic rings. The zero-order valence-corrected chi connectivity index (χ0v) is 8.10. The van der Waals surface area contributed by atoms with Crippen LogP contribution < -0.4 is 5.73 Å². The molecule has 2 nitrogen and oxygen atoms in total. The van der Waals surface area contributed by atoms with Gasteiger partial charge in [-0.05, 0) is 6.07 Å². The van der Waals surface area contributed by atoms with E-state index in [4.69, 9.17) is 22.7 Å². The Hall–Kier alpha value is -0.920. The van der Waals surface area contributed by atoms with Gasteiger partial charge in [-0.15, -0.1) is 0 Å². The molecule has 0 aromatic heterocycles. The largest absolute Gasteiger partial charge is 0.379 e. The van der Waals surface area contributed by atoms with E-state index in [9.17, 15) is 4.39 Å². The second kappa shape index (κ2) is 4.35. The average Bonchev–Trinajstić information content (AvgIpc) is 2.03. The Balaban J connectivity index is 2.81. The zero-order chi connectivity index (χ0) is 9.84. The molecule has 0 saturated carbocycles. The molecule has 0 atom stereocenters. The minimum absolute atomic E-state index is 0.0664. The van der Waals surface area contributed by atoms with Crippen molar-refractivity contribution in [1.29, 1.82) is 5.41 Å². The summed E-state index contributed by atoms with van der Waals surface area (Å²) in [5.41, 5.74) is 5.41. The SMILES string of the molecule is N=C(N)SCc1c(Cl)c#ccc1F. The van der Waals surface area contributed by atoms with E-state index in [0.29, 0.717) is 5.56 Å². The van der Waals surface area contributed by atoms with Gasteiger partial charge in [0.1, 0.15) is 5.82 Å². The first-order chi connectivity index (χ1) is 6.11. The second-order valence-electron chi connectivity index (χ2n) is 2.21. The maximum atomic E-state index is 13.0. The predicted molar refractivity (Wildman–Crippen MR) is 52.3 cm³/mol. The van der Waals surface area contributed by atoms with E-state index in [-0.39, 0.29) is 15.9 Å². The van der Waals surface area contributed by atoms with Gasteiger partial charge in [-0.1, -0.05) is 29.4 Å². The van der Waals surface area contributed by atoms with Gasteiger partial charge in [0.15, 0.2) is 5.17 Å². The number of hydrogen-bond acceptors (Lipinski definition) is 2. The lowest BCUT2D eigenvalue weighted by Gasteiger charge is -2.01. The molecule has 3 N–H and O–H groups in total. The van der Waals surface area contributed by atoms with E-state index >= 15 is 0 Å². The molecule has 0 heterocycles. The van der Waals surface area contributed by atoms with Crippen LogP contribution in [0, 0.1) is 23.4 Å². The van der Waals surface area contributed by atoms with Crippen molar-refractivity contribution >= 4 is 28.5 Å². The maximum Gasteiger partial charge on any atom is 0.151 e. The molecule has 0 radical (unpaired) electrons. The lowest BCUT2D eigenvalue weighted by atomic mass is 10.2. The van der Waals surface area contributed by atoms with Crippen molar-refractivity contribution in [3.63, 3.8) is 0 Å². The molecular formula is C8H6ClFN2S. The Morgan fingerprint density at radius 1 is 1.77 bits per heavy atom. The van der Waals surface area contributed by atoms with E-state index < -0.39 is 5.82 Å². The van der Waals surface area contributed by atoms with Crippen molar-refractivity contribution < 1.29 is 4.39 Å². The van der Waals surface area contributed by atoms with Crippen LogP contribution in [0.25, 0.3) is 0 Å². The summed E-state index contributed by atoms with van der Waals surface area (Å²) in [6.45, 7) is 0. The molecule has 0 spiro atoms. The van der Waals surface area contributed by atoms with Gasteiger partial charge in [-0.25, -0.2) is 4.39 Å². The third-order valence-electron chi connectivity index (χ3n) is 1.31. The average molecular weight is 217 g/mol. The Bertz CT molecular complexity index is 310. The molecule has 1 aromatic carbocycles. The highest BCUT2D eigenvalue weighted by atomic mass is 35.5. The van der Waals surface area contributed by atoms with Crippen LogP contribution in [0.2, 0.25) is 5.02 Å². The van der Waals surface area contributed by atoms with E-state index in [1.807, 2.05) is 0 Å². The minimum Gasteiger partial charge on any atom is -0.379 e. The lowest BCUT2D eigenvalue weighted by molar-refractivity contribution is 0.618. The molecule has 0 unspecified atom stereocenters. The molecule has 0 aliphatic heterocycles. The number of nitrogens with two attached hydrogens (primary N) is 1. The van der Waals surface area contributed by atoms with Gasteiger partial charge in [0.05, 0.1) is 5.02 Å². The second-order valence-corrected chi connectivity index (χ2v) is 3.60. The summed E-state index contributed by atoms with van der Waals surface area (Å²) in [6.07, 6.45) is 0. The fraction of sp³-hybridized carbons (Fsp3) is 0.125. The van der Waals surface area contributed by atoms with E-state index in [0.717, 1.165) is 17.8 Å². The highest BCUT2D eigenvalue weighted by molar-refractivity contribution is 8.13. The molecule has 0 bridgehead atoms. The first-order valence-corrected chi connectivity index (χ1v) is 4.70. The zero-order valence-electron chi connectivity index (χ0n) is 6.53. The number of halogens is 2. The molecule has 0 amide bonds. The van der Waals surface area contributed by atoms with Gasteiger partial charge in [0.2, 0.25) is 0 Å². The standard InChI is InChI=1S/C8H6ClFN2S/c9-6-2-1-3-7(10)5(6)4-13-8(11)12/h3H,4H2,(H3,11,12). The molecule has 0 aliphatic carbocycles. The fourth-order valence-electron chi connectivity index (χ4n) is 0.712. The number of amidine groups is 1. The molecule has 13 heavy (non-hydrogen) atoms. The van der Waals surface area contributed by atoms with Gasteiger partial charge in [0, 0.05) is 17.4 Å². The van der Waals surface area contributed by atoms with Crippen LogP contribution in [-0.4, -0.2) is 5.17 Å². The number of nitrogens with one attached hydrogen (secondary N) is 1. The molecule has 0 saturated heterocycles. The monoisotopic (exact) mass is 216 g/mol. The van der Waals surface area contributed by atoms with Crippen molar-refractivity contribution in [3.8, 4) is 0 Å². The first-order valence-electron chi connectivity index (χ1n) is 3.34. The maximum absolute atomic E-state index is 13.0. The van der Waals surface area contributed by atoms with Crippen LogP contribution >= 0.6 is 23.4 Å². The molecule has 5 heteroatoms. The Morgan fingerprint density at radius 3 is 3.00 bits per heavy atom. The highest BCUT2D eigenvalue weighted by Gasteiger charge is 2.06. The lowest BCUT2D eigenvalue weighted by Crippen LogP contribution is -2.04. The van der Waals surface area contributed by atoms with Gasteiger partial charge < -0.3 is 5.73 Å². The summed E-state index contributed by atoms with van der Waals surface area (Å²) >= 11 is 6.68. The molecule has 1 aromatic rings. The molecule has 0 fully saturated rings. The fourth-order valence-corrected chi connectivity index (χ4v) is 1.59. The number of rotatable bonds is 2. The van der Waals surface area contributed by atoms with Crippen LogP contribution in [0.1, 0.15) is 5.56 Å². The topological polar surface area (TPSA) is 49.9 Å². The summed E-state index contributed by atoms with van der Waals surface area (Å²) in [5, 5.41) is 7.06. The first kappa shape index (κ1) is 10.2. The number of hydrogen-bond donors (Lipinski definition) is 2. The number of thioether (sulfide) groups is 1. The van der Waals surface area contributed by atoms with E-state index in [1.165, 1.54) is 0 Å². The molecular weight excluding hydrogens is 211 g/mol. The summed E-state index contributed by atoms with van der Waals surface area (Å²) in [4.78, 5) is 0. The smallest absolute Gasteiger partial charge is 0.151 e. The summed E-state index contributed by atoms with van der Waals surface area (Å²) in [7, 11) is 0. The Kier molecular flexibility index (Phi) is 3.40. The third kappa shape index (κ3) is 2.79. The third-order valence-corrected chi connectivity index (χ3v) is 2.37. The summed E-state index contributed by atoms with van der Waals surface area (Å²) < 4.78 is 13.0. The summed E-state index contributed by atoms with van der Waals surface area (Å²) in [6, 6.07) is 6.13. The van der Waals surface area contributed by atoms with Crippen molar-refractivity contribution in [3.05, 3.63) is 34.6 Å². The van der Waals surface area contributed by atoms with E-state index in [2.05, 4.69) is 12.1 Å².